The zero-order valence-corrected chi connectivity index (χ0v) is 17.6. The van der Waals surface area contributed by atoms with Gasteiger partial charge in [-0.15, -0.1) is 0 Å². The van der Waals surface area contributed by atoms with Gasteiger partial charge in [-0.3, -0.25) is 4.72 Å². The molecule has 0 aromatic heterocycles. The van der Waals surface area contributed by atoms with E-state index in [9.17, 15) is 19.4 Å². The summed E-state index contributed by atoms with van der Waals surface area (Å²) in [4.78, 5) is 14.3. The Balaban J connectivity index is 1.69. The lowest BCUT2D eigenvalue weighted by atomic mass is 9.80. The third kappa shape index (κ3) is 4.19. The SMILES string of the molecule is N#Cc1ccc(N2CCCCC2)c(NS(=O)c2cc(C(=O)O)ccc2C2CCC2)c1. The molecule has 1 aliphatic heterocycles. The molecular formula is C23H25N3O3S. The van der Waals surface area contributed by atoms with Crippen LogP contribution in [0.25, 0.3) is 0 Å². The van der Waals surface area contributed by atoms with Crippen molar-refractivity contribution in [3.05, 3.63) is 53.1 Å². The van der Waals surface area contributed by atoms with Gasteiger partial charge in [0.15, 0.2) is 11.0 Å². The number of nitrogens with one attached hydrogen (secondary N) is 1. The molecule has 0 spiro atoms. The highest BCUT2D eigenvalue weighted by atomic mass is 32.2. The van der Waals surface area contributed by atoms with Gasteiger partial charge in [0.05, 0.1) is 33.5 Å². The van der Waals surface area contributed by atoms with Crippen LogP contribution < -0.4 is 9.62 Å². The van der Waals surface area contributed by atoms with Crippen molar-refractivity contribution in [3.8, 4) is 6.07 Å². The predicted molar refractivity (Wildman–Crippen MR) is 117 cm³/mol. The molecule has 2 aromatic rings. The van der Waals surface area contributed by atoms with Crippen molar-refractivity contribution >= 4 is 28.3 Å². The Morgan fingerprint density at radius 2 is 1.87 bits per heavy atom. The highest BCUT2D eigenvalue weighted by Gasteiger charge is 2.26. The first-order chi connectivity index (χ1) is 14.6. The van der Waals surface area contributed by atoms with Crippen LogP contribution in [0.2, 0.25) is 0 Å². The summed E-state index contributed by atoms with van der Waals surface area (Å²) in [5.41, 5.74) is 3.16. The summed E-state index contributed by atoms with van der Waals surface area (Å²) in [5, 5.41) is 18.7. The maximum absolute atomic E-state index is 13.4. The number of aromatic carboxylic acids is 1. The van der Waals surface area contributed by atoms with Crippen molar-refractivity contribution < 1.29 is 14.1 Å². The monoisotopic (exact) mass is 423 g/mol. The number of anilines is 2. The van der Waals surface area contributed by atoms with Crippen molar-refractivity contribution in [2.24, 2.45) is 0 Å². The summed E-state index contributed by atoms with van der Waals surface area (Å²) in [6.07, 6.45) is 6.60. The number of nitriles is 1. The van der Waals surface area contributed by atoms with Gasteiger partial charge in [0.2, 0.25) is 0 Å². The van der Waals surface area contributed by atoms with Crippen LogP contribution in [0.15, 0.2) is 41.3 Å². The van der Waals surface area contributed by atoms with E-state index >= 15 is 0 Å². The molecule has 2 fully saturated rings. The van der Waals surface area contributed by atoms with Gasteiger partial charge in [0, 0.05) is 13.1 Å². The van der Waals surface area contributed by atoms with E-state index in [0.717, 1.165) is 56.4 Å². The van der Waals surface area contributed by atoms with E-state index in [1.54, 1.807) is 24.3 Å². The molecule has 2 N–H and O–H groups in total. The average molecular weight is 424 g/mol. The van der Waals surface area contributed by atoms with Gasteiger partial charge in [0.1, 0.15) is 0 Å². The quantitative estimate of drug-likeness (QED) is 0.705. The van der Waals surface area contributed by atoms with Crippen LogP contribution in [0.3, 0.4) is 0 Å². The first-order valence-electron chi connectivity index (χ1n) is 10.4. The predicted octanol–water partition coefficient (Wildman–Crippen LogP) is 4.65. The highest BCUT2D eigenvalue weighted by molar-refractivity contribution is 7.86. The van der Waals surface area contributed by atoms with Crippen LogP contribution in [-0.2, 0) is 11.0 Å². The molecular weight excluding hydrogens is 398 g/mol. The van der Waals surface area contributed by atoms with Crippen molar-refractivity contribution in [1.29, 1.82) is 5.26 Å². The zero-order valence-electron chi connectivity index (χ0n) is 16.8. The molecule has 1 aliphatic carbocycles. The minimum absolute atomic E-state index is 0.130. The van der Waals surface area contributed by atoms with E-state index in [4.69, 9.17) is 0 Å². The number of carboxylic acids is 1. The number of hydrogen-bond donors (Lipinski definition) is 2. The maximum atomic E-state index is 13.4. The molecule has 1 saturated heterocycles. The molecule has 2 aromatic carbocycles. The van der Waals surface area contributed by atoms with Gasteiger partial charge in [-0.25, -0.2) is 9.00 Å². The van der Waals surface area contributed by atoms with Gasteiger partial charge in [-0.2, -0.15) is 5.26 Å². The van der Waals surface area contributed by atoms with Gasteiger partial charge >= 0.3 is 5.97 Å². The Morgan fingerprint density at radius 3 is 2.50 bits per heavy atom. The molecule has 2 aliphatic rings. The van der Waals surface area contributed by atoms with E-state index in [1.807, 2.05) is 6.07 Å². The average Bonchev–Trinajstić information content (AvgIpc) is 2.73. The number of piperidine rings is 1. The standard InChI is InChI=1S/C23H25N3O3S/c24-15-16-7-10-21(26-11-2-1-3-12-26)20(13-16)25-30(29)22-14-18(23(27)28)8-9-19(22)17-5-4-6-17/h7-10,13-14,17,25H,1-6,11-12H2,(H,27,28). The number of carbonyl (C=O) groups is 1. The summed E-state index contributed by atoms with van der Waals surface area (Å²) >= 11 is 0. The Labute approximate surface area is 179 Å². The first-order valence-corrected chi connectivity index (χ1v) is 11.6. The number of nitrogens with zero attached hydrogens (tertiary/aromatic N) is 2. The smallest absolute Gasteiger partial charge is 0.335 e. The van der Waals surface area contributed by atoms with Crippen LogP contribution in [-0.4, -0.2) is 28.4 Å². The van der Waals surface area contributed by atoms with E-state index in [1.165, 1.54) is 12.5 Å². The summed E-state index contributed by atoms with van der Waals surface area (Å²) < 4.78 is 16.5. The van der Waals surface area contributed by atoms with E-state index in [-0.39, 0.29) is 5.56 Å². The van der Waals surface area contributed by atoms with Crippen LogP contribution in [0.1, 0.15) is 65.9 Å². The molecule has 1 saturated carbocycles. The summed E-state index contributed by atoms with van der Waals surface area (Å²) in [7, 11) is -1.64. The molecule has 1 heterocycles. The Bertz CT molecular complexity index is 1020. The maximum Gasteiger partial charge on any atom is 0.335 e. The molecule has 156 valence electrons. The van der Waals surface area contributed by atoms with Crippen LogP contribution in [0.4, 0.5) is 11.4 Å². The van der Waals surface area contributed by atoms with E-state index < -0.39 is 17.0 Å². The molecule has 6 nitrogen and oxygen atoms in total. The molecule has 0 amide bonds. The Hall–Kier alpha value is -2.85. The molecule has 0 bridgehead atoms. The molecule has 1 atom stereocenters. The lowest BCUT2D eigenvalue weighted by Gasteiger charge is -2.31. The summed E-state index contributed by atoms with van der Waals surface area (Å²) in [6, 6.07) is 12.5. The molecule has 1 unspecified atom stereocenters. The van der Waals surface area contributed by atoms with Gasteiger partial charge in [0.25, 0.3) is 0 Å². The fourth-order valence-corrected chi connectivity index (χ4v) is 5.29. The molecule has 0 radical (unpaired) electrons. The minimum atomic E-state index is -1.64. The Kier molecular flexibility index (Phi) is 6.05. The van der Waals surface area contributed by atoms with Crippen LogP contribution in [0, 0.1) is 11.3 Å². The molecule has 30 heavy (non-hydrogen) atoms. The summed E-state index contributed by atoms with van der Waals surface area (Å²) in [6.45, 7) is 1.85. The van der Waals surface area contributed by atoms with Crippen LogP contribution in [0.5, 0.6) is 0 Å². The highest BCUT2D eigenvalue weighted by Crippen LogP contribution is 2.40. The largest absolute Gasteiger partial charge is 0.478 e. The number of rotatable bonds is 6. The van der Waals surface area contributed by atoms with Gasteiger partial charge in [-0.1, -0.05) is 12.5 Å². The first kappa shape index (κ1) is 20.4. The van der Waals surface area contributed by atoms with Crippen molar-refractivity contribution in [1.82, 2.24) is 0 Å². The number of benzene rings is 2. The number of hydrogen-bond acceptors (Lipinski definition) is 4. The minimum Gasteiger partial charge on any atom is -0.478 e. The van der Waals surface area contributed by atoms with Crippen LogP contribution >= 0.6 is 0 Å². The van der Waals surface area contributed by atoms with E-state index in [2.05, 4.69) is 15.7 Å². The number of carboxylic acid groups (broad SMARTS) is 1. The van der Waals surface area contributed by atoms with Crippen molar-refractivity contribution in [3.63, 3.8) is 0 Å². The van der Waals surface area contributed by atoms with E-state index in [0.29, 0.717) is 22.1 Å². The lowest BCUT2D eigenvalue weighted by Crippen LogP contribution is -2.30. The second kappa shape index (κ2) is 8.88. The normalized spacial score (nSPS) is 17.6. The van der Waals surface area contributed by atoms with Gasteiger partial charge in [-0.05, 0) is 73.9 Å². The lowest BCUT2D eigenvalue weighted by molar-refractivity contribution is 0.0696. The third-order valence-electron chi connectivity index (χ3n) is 6.03. The van der Waals surface area contributed by atoms with Crippen molar-refractivity contribution in [2.45, 2.75) is 49.3 Å². The van der Waals surface area contributed by atoms with Crippen molar-refractivity contribution in [2.75, 3.05) is 22.7 Å². The second-order valence-electron chi connectivity index (χ2n) is 7.95. The summed E-state index contributed by atoms with van der Waals surface area (Å²) in [5.74, 6) is -0.713. The second-order valence-corrected chi connectivity index (χ2v) is 9.13. The Morgan fingerprint density at radius 1 is 1.10 bits per heavy atom. The van der Waals surface area contributed by atoms with Gasteiger partial charge < -0.3 is 10.0 Å². The molecule has 4 rings (SSSR count). The molecule has 7 heteroatoms. The fraction of sp³-hybridized carbons (Fsp3) is 0.391. The third-order valence-corrected chi connectivity index (χ3v) is 7.19. The zero-order chi connectivity index (χ0) is 21.1. The topological polar surface area (TPSA) is 93.4 Å². The fourth-order valence-electron chi connectivity index (χ4n) is 4.14.